The molecule has 0 bridgehead atoms. The third-order valence-corrected chi connectivity index (χ3v) is 3.76. The highest BCUT2D eigenvalue weighted by molar-refractivity contribution is 6.31. The number of anilines is 1. The van der Waals surface area contributed by atoms with Crippen LogP contribution in [0.3, 0.4) is 0 Å². The van der Waals surface area contributed by atoms with Crippen LogP contribution in [-0.2, 0) is 9.59 Å². The second-order valence-electron chi connectivity index (χ2n) is 5.46. The van der Waals surface area contributed by atoms with Crippen molar-refractivity contribution >= 4 is 23.6 Å². The van der Waals surface area contributed by atoms with Crippen molar-refractivity contribution in [3.05, 3.63) is 59.4 Å². The molecule has 0 radical (unpaired) electrons. The van der Waals surface area contributed by atoms with E-state index in [0.29, 0.717) is 23.7 Å². The monoisotopic (exact) mass is 356 g/mol. The lowest BCUT2D eigenvalue weighted by Gasteiger charge is -2.14. The lowest BCUT2D eigenvalue weighted by atomic mass is 10.1. The normalized spacial score (nSPS) is 15.3. The van der Waals surface area contributed by atoms with Gasteiger partial charge >= 0.3 is 0 Å². The first-order valence-electron chi connectivity index (χ1n) is 7.97. The Labute approximate surface area is 149 Å². The molecule has 0 atom stereocenters. The molecule has 0 spiro atoms. The summed E-state index contributed by atoms with van der Waals surface area (Å²) in [5.41, 5.74) is 3.22. The smallest absolute Gasteiger partial charge is 0.282 e. The molecule has 3 rings (SSSR count). The van der Waals surface area contributed by atoms with Crippen molar-refractivity contribution in [1.29, 1.82) is 0 Å². The van der Waals surface area contributed by atoms with Crippen molar-refractivity contribution in [3.8, 4) is 11.5 Å². The van der Waals surface area contributed by atoms with Crippen molar-refractivity contribution < 1.29 is 23.5 Å². The Balaban J connectivity index is 1.91. The Hall–Kier alpha value is -3.35. The molecule has 0 saturated carbocycles. The summed E-state index contributed by atoms with van der Waals surface area (Å²) in [6, 6.07) is 10.5. The van der Waals surface area contributed by atoms with E-state index in [2.05, 4.69) is 5.43 Å². The van der Waals surface area contributed by atoms with Crippen LogP contribution < -0.4 is 19.9 Å². The minimum atomic E-state index is -0.563. The summed E-state index contributed by atoms with van der Waals surface area (Å²) in [4.78, 5) is 24.7. The van der Waals surface area contributed by atoms with Crippen LogP contribution in [0.2, 0.25) is 0 Å². The van der Waals surface area contributed by atoms with Gasteiger partial charge in [0.15, 0.2) is 11.5 Å². The Kier molecular flexibility index (Phi) is 4.88. The van der Waals surface area contributed by atoms with Crippen LogP contribution in [0, 0.1) is 5.82 Å². The number of rotatable bonds is 5. The van der Waals surface area contributed by atoms with Gasteiger partial charge in [-0.2, -0.15) is 0 Å². The van der Waals surface area contributed by atoms with E-state index in [1.54, 1.807) is 18.2 Å². The predicted octanol–water partition coefficient (Wildman–Crippen LogP) is 2.69. The second kappa shape index (κ2) is 7.26. The number of halogens is 1. The van der Waals surface area contributed by atoms with Crippen LogP contribution in [0.4, 0.5) is 10.1 Å². The number of ether oxygens (including phenoxy) is 2. The fourth-order valence-electron chi connectivity index (χ4n) is 2.57. The van der Waals surface area contributed by atoms with Gasteiger partial charge in [0.2, 0.25) is 0 Å². The summed E-state index contributed by atoms with van der Waals surface area (Å²) in [7, 11) is 1.51. The number of hydrazine groups is 1. The number of hydrogen-bond donors (Lipinski definition) is 1. The lowest BCUT2D eigenvalue weighted by Crippen LogP contribution is -2.35. The van der Waals surface area contributed by atoms with E-state index >= 15 is 0 Å². The van der Waals surface area contributed by atoms with E-state index in [4.69, 9.17) is 9.47 Å². The highest BCUT2D eigenvalue weighted by Crippen LogP contribution is 2.30. The average Bonchev–Trinajstić information content (AvgIpc) is 2.91. The SMILES string of the molecule is CCOc1ccc(/C=C2/C(=O)NN(c3cccc(F)c3)C2=O)cc1OC. The van der Waals surface area contributed by atoms with Gasteiger partial charge < -0.3 is 9.47 Å². The van der Waals surface area contributed by atoms with Crippen molar-refractivity contribution in [2.24, 2.45) is 0 Å². The number of amides is 2. The molecule has 1 aliphatic rings. The van der Waals surface area contributed by atoms with Crippen LogP contribution in [0.15, 0.2) is 48.0 Å². The molecule has 7 heteroatoms. The molecule has 0 unspecified atom stereocenters. The van der Waals surface area contributed by atoms with Crippen LogP contribution in [0.1, 0.15) is 12.5 Å². The molecular weight excluding hydrogens is 339 g/mol. The molecule has 1 N–H and O–H groups in total. The number of carbonyl (C=O) groups is 2. The van der Waals surface area contributed by atoms with Crippen LogP contribution in [0.25, 0.3) is 6.08 Å². The zero-order valence-electron chi connectivity index (χ0n) is 14.3. The van der Waals surface area contributed by atoms with Gasteiger partial charge in [-0.05, 0) is 48.9 Å². The van der Waals surface area contributed by atoms with Crippen molar-refractivity contribution in [2.75, 3.05) is 18.7 Å². The quantitative estimate of drug-likeness (QED) is 0.661. The number of hydrogen-bond acceptors (Lipinski definition) is 4. The minimum Gasteiger partial charge on any atom is -0.493 e. The third kappa shape index (κ3) is 3.37. The Morgan fingerprint density at radius 3 is 2.65 bits per heavy atom. The average molecular weight is 356 g/mol. The fourth-order valence-corrected chi connectivity index (χ4v) is 2.57. The zero-order chi connectivity index (χ0) is 18.7. The fraction of sp³-hybridized carbons (Fsp3) is 0.158. The van der Waals surface area contributed by atoms with Gasteiger partial charge in [-0.1, -0.05) is 12.1 Å². The first kappa shape index (κ1) is 17.5. The molecule has 6 nitrogen and oxygen atoms in total. The van der Waals surface area contributed by atoms with Crippen molar-refractivity contribution in [2.45, 2.75) is 6.92 Å². The van der Waals surface area contributed by atoms with E-state index in [0.717, 1.165) is 5.01 Å². The summed E-state index contributed by atoms with van der Waals surface area (Å²) >= 11 is 0. The maximum Gasteiger partial charge on any atom is 0.282 e. The molecule has 0 aliphatic carbocycles. The number of methoxy groups -OCH3 is 1. The first-order chi connectivity index (χ1) is 12.5. The van der Waals surface area contributed by atoms with Crippen molar-refractivity contribution in [1.82, 2.24) is 5.43 Å². The first-order valence-corrected chi connectivity index (χ1v) is 7.97. The van der Waals surface area contributed by atoms with E-state index in [1.165, 1.54) is 37.5 Å². The number of nitrogens with one attached hydrogen (secondary N) is 1. The van der Waals surface area contributed by atoms with Crippen LogP contribution in [0.5, 0.6) is 11.5 Å². The molecule has 0 aromatic heterocycles. The van der Waals surface area contributed by atoms with Crippen LogP contribution in [-0.4, -0.2) is 25.5 Å². The van der Waals surface area contributed by atoms with E-state index in [9.17, 15) is 14.0 Å². The van der Waals surface area contributed by atoms with Gasteiger partial charge in [0.05, 0.1) is 19.4 Å². The summed E-state index contributed by atoms with van der Waals surface area (Å²) in [6.45, 7) is 2.35. The summed E-state index contributed by atoms with van der Waals surface area (Å²) < 4.78 is 24.1. The van der Waals surface area contributed by atoms with Gasteiger partial charge in [-0.25, -0.2) is 9.40 Å². The summed E-state index contributed by atoms with van der Waals surface area (Å²) in [5, 5.41) is 1.02. The molecule has 1 aliphatic heterocycles. The number of nitrogens with zero attached hydrogens (tertiary/aromatic N) is 1. The van der Waals surface area contributed by atoms with Crippen molar-refractivity contribution in [3.63, 3.8) is 0 Å². The zero-order valence-corrected chi connectivity index (χ0v) is 14.3. The molecular formula is C19H17FN2O4. The minimum absolute atomic E-state index is 0.0551. The highest BCUT2D eigenvalue weighted by Gasteiger charge is 2.34. The molecule has 134 valence electrons. The highest BCUT2D eigenvalue weighted by atomic mass is 19.1. The van der Waals surface area contributed by atoms with E-state index < -0.39 is 17.6 Å². The topological polar surface area (TPSA) is 67.9 Å². The third-order valence-electron chi connectivity index (χ3n) is 3.76. The molecule has 2 aromatic carbocycles. The van der Waals surface area contributed by atoms with Gasteiger partial charge in [-0.15, -0.1) is 0 Å². The second-order valence-corrected chi connectivity index (χ2v) is 5.46. The maximum absolute atomic E-state index is 13.4. The number of benzene rings is 2. The Bertz CT molecular complexity index is 895. The van der Waals surface area contributed by atoms with Gasteiger partial charge in [-0.3, -0.25) is 15.0 Å². The summed E-state index contributed by atoms with van der Waals surface area (Å²) in [6.07, 6.45) is 1.45. The van der Waals surface area contributed by atoms with Gasteiger partial charge in [0.1, 0.15) is 11.4 Å². The molecule has 1 saturated heterocycles. The van der Waals surface area contributed by atoms with Gasteiger partial charge in [0, 0.05) is 0 Å². The number of carbonyl (C=O) groups excluding carboxylic acids is 2. The largest absolute Gasteiger partial charge is 0.493 e. The molecule has 1 fully saturated rings. The predicted molar refractivity (Wildman–Crippen MR) is 94.2 cm³/mol. The lowest BCUT2D eigenvalue weighted by molar-refractivity contribution is -0.117. The maximum atomic E-state index is 13.4. The summed E-state index contributed by atoms with van der Waals surface area (Å²) in [5.74, 6) is -0.562. The van der Waals surface area contributed by atoms with E-state index in [-0.39, 0.29) is 11.3 Å². The Morgan fingerprint density at radius 1 is 1.15 bits per heavy atom. The van der Waals surface area contributed by atoms with E-state index in [1.807, 2.05) is 6.92 Å². The molecule has 2 amide bonds. The molecule has 26 heavy (non-hydrogen) atoms. The molecule has 2 aromatic rings. The Morgan fingerprint density at radius 2 is 1.96 bits per heavy atom. The van der Waals surface area contributed by atoms with Gasteiger partial charge in [0.25, 0.3) is 11.8 Å². The van der Waals surface area contributed by atoms with Crippen LogP contribution >= 0.6 is 0 Å². The molecule has 1 heterocycles. The standard InChI is InChI=1S/C19H17FN2O4/c1-3-26-16-8-7-12(10-17(16)25-2)9-15-18(23)21-22(19(15)24)14-6-4-5-13(20)11-14/h4-11H,3H2,1-2H3,(H,21,23)/b15-9-.